The highest BCUT2D eigenvalue weighted by Crippen LogP contribution is 2.58. The quantitative estimate of drug-likeness (QED) is 0.505. The number of rotatable bonds is 6. The number of phenolic OH excluding ortho intramolecular Hbond substituents is 1. The van der Waals surface area contributed by atoms with Gasteiger partial charge in [0.1, 0.15) is 5.75 Å². The van der Waals surface area contributed by atoms with E-state index in [4.69, 9.17) is 0 Å². The van der Waals surface area contributed by atoms with E-state index < -0.39 is 0 Å². The Hall–Kier alpha value is -1.28. The smallest absolute Gasteiger partial charge is 0.116 e. The molecule has 0 amide bonds. The first-order valence-corrected chi connectivity index (χ1v) is 12.5. The van der Waals surface area contributed by atoms with Gasteiger partial charge in [0.25, 0.3) is 0 Å². The van der Waals surface area contributed by atoms with Crippen LogP contribution in [0.15, 0.2) is 30.4 Å². The zero-order valence-electron chi connectivity index (χ0n) is 19.2. The molecule has 1 aromatic carbocycles. The Kier molecular flexibility index (Phi) is 6.63. The summed E-state index contributed by atoms with van der Waals surface area (Å²) >= 11 is 0. The second-order valence-corrected chi connectivity index (χ2v) is 11.4. The van der Waals surface area contributed by atoms with Crippen LogP contribution >= 0.6 is 0 Å². The minimum atomic E-state index is 0.211. The summed E-state index contributed by atoms with van der Waals surface area (Å²) in [5.74, 6) is 2.70. The molecule has 2 nitrogen and oxygen atoms in total. The molecular weight excluding hydrogens is 368 g/mol. The minimum Gasteiger partial charge on any atom is -0.508 e. The third kappa shape index (κ3) is 4.96. The molecule has 3 aliphatic rings. The van der Waals surface area contributed by atoms with Crippen molar-refractivity contribution in [2.24, 2.45) is 28.6 Å². The molecule has 2 heteroatoms. The fourth-order valence-electron chi connectivity index (χ4n) is 7.37. The molecule has 2 fully saturated rings. The van der Waals surface area contributed by atoms with Crippen molar-refractivity contribution in [3.05, 3.63) is 41.5 Å². The monoisotopic (exact) mass is 410 g/mol. The van der Waals surface area contributed by atoms with Gasteiger partial charge in [-0.05, 0) is 116 Å². The van der Waals surface area contributed by atoms with Gasteiger partial charge in [0.05, 0.1) is 0 Å². The maximum absolute atomic E-state index is 10.3. The van der Waals surface area contributed by atoms with Gasteiger partial charge in [0, 0.05) is 6.61 Å². The van der Waals surface area contributed by atoms with E-state index in [2.05, 4.69) is 32.1 Å². The summed E-state index contributed by atoms with van der Waals surface area (Å²) in [6, 6.07) is 6.14. The largest absolute Gasteiger partial charge is 0.508 e. The fraction of sp³-hybridized carbons (Fsp3) is 0.714. The van der Waals surface area contributed by atoms with E-state index >= 15 is 0 Å². The van der Waals surface area contributed by atoms with E-state index in [-0.39, 0.29) is 6.61 Å². The Labute approximate surface area is 183 Å². The zero-order chi connectivity index (χ0) is 21.2. The third-order valence-electron chi connectivity index (χ3n) is 8.63. The van der Waals surface area contributed by atoms with Crippen molar-refractivity contribution in [2.75, 3.05) is 6.61 Å². The van der Waals surface area contributed by atoms with Gasteiger partial charge in [-0.2, -0.15) is 0 Å². The molecule has 0 radical (unpaired) electrons. The van der Waals surface area contributed by atoms with E-state index in [1.807, 2.05) is 12.1 Å². The number of hydrogen-bond donors (Lipinski definition) is 2. The van der Waals surface area contributed by atoms with Gasteiger partial charge in [-0.15, -0.1) is 0 Å². The van der Waals surface area contributed by atoms with Gasteiger partial charge in [-0.25, -0.2) is 0 Å². The first-order chi connectivity index (χ1) is 14.4. The number of phenols is 1. The van der Waals surface area contributed by atoms with E-state index in [0.717, 1.165) is 42.6 Å². The number of benzene rings is 1. The van der Waals surface area contributed by atoms with Crippen molar-refractivity contribution in [2.45, 2.75) is 90.9 Å². The summed E-state index contributed by atoms with van der Waals surface area (Å²) in [5, 5.41) is 19.5. The summed E-state index contributed by atoms with van der Waals surface area (Å²) < 4.78 is 0. The predicted octanol–water partition coefficient (Wildman–Crippen LogP) is 6.83. The van der Waals surface area contributed by atoms with Crippen LogP contribution in [0, 0.1) is 28.6 Å². The Morgan fingerprint density at radius 2 is 1.80 bits per heavy atom. The van der Waals surface area contributed by atoms with Crippen LogP contribution in [0.25, 0.3) is 0 Å². The lowest BCUT2D eigenvalue weighted by atomic mass is 9.55. The molecule has 3 aliphatic carbocycles. The molecule has 30 heavy (non-hydrogen) atoms. The third-order valence-corrected chi connectivity index (χ3v) is 8.63. The summed E-state index contributed by atoms with van der Waals surface area (Å²) in [4.78, 5) is 0. The number of aryl methyl sites for hydroxylation is 1. The molecule has 0 heterocycles. The highest BCUT2D eigenvalue weighted by Gasteiger charge is 2.47. The van der Waals surface area contributed by atoms with E-state index in [1.165, 1.54) is 63.4 Å². The molecule has 0 saturated heterocycles. The molecule has 2 saturated carbocycles. The van der Waals surface area contributed by atoms with Crippen LogP contribution in [0.5, 0.6) is 5.75 Å². The molecule has 1 spiro atoms. The number of aromatic hydroxyl groups is 1. The molecule has 0 aliphatic heterocycles. The summed E-state index contributed by atoms with van der Waals surface area (Å²) in [6.07, 6.45) is 20.1. The normalized spacial score (nSPS) is 33.2. The summed E-state index contributed by atoms with van der Waals surface area (Å²) in [5.41, 5.74) is 3.39. The van der Waals surface area contributed by atoms with Crippen LogP contribution in [0.4, 0.5) is 0 Å². The van der Waals surface area contributed by atoms with Crippen LogP contribution in [-0.4, -0.2) is 16.8 Å². The van der Waals surface area contributed by atoms with E-state index in [9.17, 15) is 10.2 Å². The van der Waals surface area contributed by atoms with Gasteiger partial charge in [-0.3, -0.25) is 0 Å². The number of allylic oxidation sites excluding steroid dienone is 2. The van der Waals surface area contributed by atoms with Crippen LogP contribution < -0.4 is 0 Å². The molecule has 4 rings (SSSR count). The lowest BCUT2D eigenvalue weighted by molar-refractivity contribution is 0.0309. The molecular formula is C28H42O2. The lowest BCUT2D eigenvalue weighted by Crippen LogP contribution is -2.40. The standard InChI is InChI=1S/C28H42O2/c1-21-7-5-9-27(2,18-21)25-15-24(19-28(20-25)10-3-4-11-28)14-23-13-22(8-6-12-29)16-26(30)17-23/h5,9,13,16-17,21,24-25,29-30H,3-4,6-8,10-12,14-15,18-20H2,1-2H3/t21-,24-,25+,27-/m0/s1. The van der Waals surface area contributed by atoms with E-state index in [0.29, 0.717) is 16.6 Å². The molecule has 4 atom stereocenters. The average molecular weight is 411 g/mol. The van der Waals surface area contributed by atoms with Gasteiger partial charge >= 0.3 is 0 Å². The van der Waals surface area contributed by atoms with Crippen molar-refractivity contribution in [1.82, 2.24) is 0 Å². The number of aliphatic hydroxyl groups excluding tert-OH is 1. The first kappa shape index (κ1) is 21.9. The van der Waals surface area contributed by atoms with Crippen LogP contribution in [0.3, 0.4) is 0 Å². The number of aliphatic hydroxyl groups is 1. The maximum atomic E-state index is 10.3. The Morgan fingerprint density at radius 1 is 1.03 bits per heavy atom. The lowest BCUT2D eigenvalue weighted by Gasteiger charge is -2.50. The minimum absolute atomic E-state index is 0.211. The van der Waals surface area contributed by atoms with Gasteiger partial charge in [0.15, 0.2) is 0 Å². The Balaban J connectivity index is 1.54. The predicted molar refractivity (Wildman–Crippen MR) is 125 cm³/mol. The molecule has 0 unspecified atom stereocenters. The van der Waals surface area contributed by atoms with Gasteiger partial charge in [0.2, 0.25) is 0 Å². The highest BCUT2D eigenvalue weighted by molar-refractivity contribution is 5.34. The zero-order valence-corrected chi connectivity index (χ0v) is 19.2. The average Bonchev–Trinajstić information content (AvgIpc) is 3.12. The molecule has 0 aromatic heterocycles. The van der Waals surface area contributed by atoms with Crippen molar-refractivity contribution in [1.29, 1.82) is 0 Å². The number of hydrogen-bond acceptors (Lipinski definition) is 2. The maximum Gasteiger partial charge on any atom is 0.116 e. The van der Waals surface area contributed by atoms with Crippen LogP contribution in [0.1, 0.15) is 89.2 Å². The van der Waals surface area contributed by atoms with E-state index in [1.54, 1.807) is 0 Å². The van der Waals surface area contributed by atoms with Crippen molar-refractivity contribution in [3.8, 4) is 5.75 Å². The second kappa shape index (κ2) is 9.07. The Morgan fingerprint density at radius 3 is 2.53 bits per heavy atom. The molecule has 1 aromatic rings. The first-order valence-electron chi connectivity index (χ1n) is 12.5. The van der Waals surface area contributed by atoms with Crippen molar-refractivity contribution >= 4 is 0 Å². The van der Waals surface area contributed by atoms with Crippen molar-refractivity contribution < 1.29 is 10.2 Å². The Bertz CT molecular complexity index is 745. The highest BCUT2D eigenvalue weighted by atomic mass is 16.3. The van der Waals surface area contributed by atoms with Crippen molar-refractivity contribution in [3.63, 3.8) is 0 Å². The SMILES string of the molecule is C[C@H]1CC=C[C@](C)([C@@H]2C[C@H](Cc3cc(O)cc(CCCO)c3)CC3(CCCC3)C2)C1. The fourth-order valence-corrected chi connectivity index (χ4v) is 7.37. The topological polar surface area (TPSA) is 40.5 Å². The van der Waals surface area contributed by atoms with Crippen LogP contribution in [0.2, 0.25) is 0 Å². The second-order valence-electron chi connectivity index (χ2n) is 11.4. The van der Waals surface area contributed by atoms with Gasteiger partial charge in [-0.1, -0.05) is 44.9 Å². The molecule has 166 valence electrons. The summed E-state index contributed by atoms with van der Waals surface area (Å²) in [6.45, 7) is 5.17. The summed E-state index contributed by atoms with van der Waals surface area (Å²) in [7, 11) is 0. The molecule has 0 bridgehead atoms. The van der Waals surface area contributed by atoms with Crippen LogP contribution in [-0.2, 0) is 12.8 Å². The van der Waals surface area contributed by atoms with Gasteiger partial charge < -0.3 is 10.2 Å². The molecule has 2 N–H and O–H groups in total.